The van der Waals surface area contributed by atoms with Crippen molar-refractivity contribution in [2.45, 2.75) is 17.9 Å². The number of methoxy groups -OCH3 is 1. The van der Waals surface area contributed by atoms with E-state index in [9.17, 15) is 13.2 Å². The van der Waals surface area contributed by atoms with Crippen molar-refractivity contribution in [1.29, 1.82) is 0 Å². The zero-order chi connectivity index (χ0) is 17.3. The van der Waals surface area contributed by atoms with Crippen molar-refractivity contribution in [1.82, 2.24) is 4.90 Å². The van der Waals surface area contributed by atoms with Crippen molar-refractivity contribution >= 4 is 15.9 Å². The Morgan fingerprint density at radius 2 is 1.96 bits per heavy atom. The molecule has 3 rings (SSSR count). The van der Waals surface area contributed by atoms with Crippen LogP contribution in [0.1, 0.15) is 21.5 Å². The van der Waals surface area contributed by atoms with Crippen LogP contribution in [0, 0.1) is 0 Å². The van der Waals surface area contributed by atoms with Gasteiger partial charge in [0.25, 0.3) is 5.91 Å². The summed E-state index contributed by atoms with van der Waals surface area (Å²) < 4.78 is 28.2. The summed E-state index contributed by atoms with van der Waals surface area (Å²) in [6.45, 7) is 0.937. The highest BCUT2D eigenvalue weighted by Gasteiger charge is 2.23. The van der Waals surface area contributed by atoms with Crippen LogP contribution < -0.4 is 9.88 Å². The lowest BCUT2D eigenvalue weighted by molar-refractivity contribution is 0.0734. The number of amides is 1. The Morgan fingerprint density at radius 1 is 1.17 bits per heavy atom. The summed E-state index contributed by atoms with van der Waals surface area (Å²) in [5.41, 5.74) is 2.39. The summed E-state index contributed by atoms with van der Waals surface area (Å²) in [4.78, 5) is 14.5. The number of sulfonamides is 1. The molecule has 0 fully saturated rings. The number of hydrogen-bond donors (Lipinski definition) is 1. The predicted molar refractivity (Wildman–Crippen MR) is 89.3 cm³/mol. The number of carbonyl (C=O) groups excluding carboxylic acids is 1. The van der Waals surface area contributed by atoms with Gasteiger partial charge in [-0.05, 0) is 47.9 Å². The Labute approximate surface area is 140 Å². The normalized spacial score (nSPS) is 14.2. The average molecular weight is 346 g/mol. The molecule has 1 aliphatic heterocycles. The van der Waals surface area contributed by atoms with E-state index in [2.05, 4.69) is 0 Å². The van der Waals surface area contributed by atoms with Gasteiger partial charge in [-0.25, -0.2) is 13.6 Å². The van der Waals surface area contributed by atoms with Crippen LogP contribution in [0.4, 0.5) is 0 Å². The first-order valence-electron chi connectivity index (χ1n) is 7.46. The summed E-state index contributed by atoms with van der Waals surface area (Å²) in [6, 6.07) is 11.8. The van der Waals surface area contributed by atoms with Crippen LogP contribution >= 0.6 is 0 Å². The quantitative estimate of drug-likeness (QED) is 0.913. The average Bonchev–Trinajstić information content (AvgIpc) is 2.59. The van der Waals surface area contributed by atoms with Crippen molar-refractivity contribution < 1.29 is 17.9 Å². The minimum Gasteiger partial charge on any atom is -0.497 e. The summed E-state index contributed by atoms with van der Waals surface area (Å²) in [5.74, 6) is 0.510. The van der Waals surface area contributed by atoms with Crippen LogP contribution in [0.3, 0.4) is 0 Å². The summed E-state index contributed by atoms with van der Waals surface area (Å²) >= 11 is 0. The summed E-state index contributed by atoms with van der Waals surface area (Å²) in [6.07, 6.45) is 0.677. The molecule has 2 aromatic carbocycles. The first kappa shape index (κ1) is 16.5. The number of rotatable bonds is 3. The van der Waals surface area contributed by atoms with E-state index in [0.29, 0.717) is 30.8 Å². The van der Waals surface area contributed by atoms with E-state index in [1.165, 1.54) is 6.07 Å². The number of primary sulfonamides is 1. The molecule has 0 spiro atoms. The maximum atomic E-state index is 12.7. The lowest BCUT2D eigenvalue weighted by atomic mass is 9.99. The molecule has 2 N–H and O–H groups in total. The van der Waals surface area contributed by atoms with Crippen LogP contribution in [-0.2, 0) is 23.0 Å². The predicted octanol–water partition coefficient (Wildman–Crippen LogP) is 1.54. The van der Waals surface area contributed by atoms with Crippen LogP contribution in [-0.4, -0.2) is 32.9 Å². The van der Waals surface area contributed by atoms with Crippen molar-refractivity contribution in [3.63, 3.8) is 0 Å². The van der Waals surface area contributed by atoms with Gasteiger partial charge in [-0.1, -0.05) is 12.1 Å². The fourth-order valence-electron chi connectivity index (χ4n) is 2.82. The minimum atomic E-state index is -3.76. The molecular weight excluding hydrogens is 328 g/mol. The highest BCUT2D eigenvalue weighted by Crippen LogP contribution is 2.24. The zero-order valence-corrected chi connectivity index (χ0v) is 14.0. The molecule has 0 aliphatic carbocycles. The number of benzene rings is 2. The maximum Gasteiger partial charge on any atom is 0.254 e. The zero-order valence-electron chi connectivity index (χ0n) is 13.2. The minimum absolute atomic E-state index is 0.0666. The molecule has 24 heavy (non-hydrogen) atoms. The lowest BCUT2D eigenvalue weighted by Crippen LogP contribution is -2.36. The highest BCUT2D eigenvalue weighted by molar-refractivity contribution is 7.89. The number of nitrogens with zero attached hydrogens (tertiary/aromatic N) is 1. The second-order valence-corrected chi connectivity index (χ2v) is 7.25. The molecule has 2 aromatic rings. The van der Waals surface area contributed by atoms with Gasteiger partial charge in [-0.2, -0.15) is 0 Å². The Kier molecular flexibility index (Phi) is 4.29. The summed E-state index contributed by atoms with van der Waals surface area (Å²) in [7, 11) is -2.20. The van der Waals surface area contributed by atoms with Crippen LogP contribution in [0.5, 0.6) is 5.75 Å². The third-order valence-corrected chi connectivity index (χ3v) is 5.03. The Balaban J connectivity index is 1.87. The third kappa shape index (κ3) is 3.27. The molecule has 126 valence electrons. The topological polar surface area (TPSA) is 89.7 Å². The van der Waals surface area contributed by atoms with E-state index in [0.717, 1.165) is 11.1 Å². The van der Waals surface area contributed by atoms with Gasteiger partial charge in [0, 0.05) is 18.7 Å². The second kappa shape index (κ2) is 6.26. The fraction of sp³-hybridized carbons (Fsp3) is 0.235. The van der Waals surface area contributed by atoms with Crippen LogP contribution in [0.15, 0.2) is 47.4 Å². The number of nitrogens with two attached hydrogens (primary N) is 1. The molecule has 1 aliphatic rings. The van der Waals surface area contributed by atoms with E-state index in [-0.39, 0.29) is 10.8 Å². The molecule has 1 amide bonds. The molecule has 0 bridgehead atoms. The SMILES string of the molecule is COc1cccc(C(=O)N2CCc3ccc(S(N)(=O)=O)cc3C2)c1. The van der Waals surface area contributed by atoms with Crippen molar-refractivity contribution in [3.8, 4) is 5.75 Å². The Hall–Kier alpha value is -2.38. The van der Waals surface area contributed by atoms with Crippen LogP contribution in [0.25, 0.3) is 0 Å². The molecule has 6 nitrogen and oxygen atoms in total. The van der Waals surface area contributed by atoms with E-state index in [1.54, 1.807) is 48.4 Å². The molecule has 0 atom stereocenters. The molecule has 0 aromatic heterocycles. The standard InChI is InChI=1S/C17H18N2O4S/c1-23-15-4-2-3-13(9-15)17(20)19-8-7-12-5-6-16(24(18,21)22)10-14(12)11-19/h2-6,9-10H,7-8,11H2,1H3,(H2,18,21,22). The van der Waals surface area contributed by atoms with Crippen molar-refractivity contribution in [3.05, 3.63) is 59.2 Å². The Morgan fingerprint density at radius 3 is 2.67 bits per heavy atom. The lowest BCUT2D eigenvalue weighted by Gasteiger charge is -2.29. The number of hydrogen-bond acceptors (Lipinski definition) is 4. The van der Waals surface area contributed by atoms with Gasteiger partial charge >= 0.3 is 0 Å². The second-order valence-electron chi connectivity index (χ2n) is 5.68. The number of fused-ring (bicyclic) bond motifs is 1. The van der Waals surface area contributed by atoms with Gasteiger partial charge in [0.05, 0.1) is 12.0 Å². The van der Waals surface area contributed by atoms with E-state index in [1.807, 2.05) is 0 Å². The van der Waals surface area contributed by atoms with Gasteiger partial charge in [0.1, 0.15) is 5.75 Å². The molecule has 0 saturated heterocycles. The van der Waals surface area contributed by atoms with Crippen molar-refractivity contribution in [2.75, 3.05) is 13.7 Å². The van der Waals surface area contributed by atoms with Gasteiger partial charge in [-0.3, -0.25) is 4.79 Å². The van der Waals surface area contributed by atoms with Gasteiger partial charge in [0.15, 0.2) is 0 Å². The largest absolute Gasteiger partial charge is 0.497 e. The van der Waals surface area contributed by atoms with E-state index >= 15 is 0 Å². The molecule has 0 radical (unpaired) electrons. The monoisotopic (exact) mass is 346 g/mol. The maximum absolute atomic E-state index is 12.7. The highest BCUT2D eigenvalue weighted by atomic mass is 32.2. The first-order valence-corrected chi connectivity index (χ1v) is 9.01. The molecule has 7 heteroatoms. The van der Waals surface area contributed by atoms with E-state index < -0.39 is 10.0 Å². The molecule has 1 heterocycles. The molecule has 0 unspecified atom stereocenters. The number of carbonyl (C=O) groups is 1. The summed E-state index contributed by atoms with van der Waals surface area (Å²) in [5, 5.41) is 5.19. The molecule has 0 saturated carbocycles. The van der Waals surface area contributed by atoms with Crippen LogP contribution in [0.2, 0.25) is 0 Å². The number of ether oxygens (including phenoxy) is 1. The smallest absolute Gasteiger partial charge is 0.254 e. The fourth-order valence-corrected chi connectivity index (χ4v) is 3.39. The first-order chi connectivity index (χ1) is 11.4. The molecular formula is C17H18N2O4S. The van der Waals surface area contributed by atoms with Crippen molar-refractivity contribution in [2.24, 2.45) is 5.14 Å². The van der Waals surface area contributed by atoms with Gasteiger partial charge in [-0.15, -0.1) is 0 Å². The Bertz CT molecular complexity index is 893. The van der Waals surface area contributed by atoms with E-state index in [4.69, 9.17) is 9.88 Å². The van der Waals surface area contributed by atoms with Gasteiger partial charge < -0.3 is 9.64 Å². The third-order valence-electron chi connectivity index (χ3n) is 4.12. The van der Waals surface area contributed by atoms with Gasteiger partial charge in [0.2, 0.25) is 10.0 Å².